The second-order valence-corrected chi connectivity index (χ2v) is 6.79. The normalized spacial score (nSPS) is 21.2. The van der Waals surface area contributed by atoms with E-state index < -0.39 is 0 Å². The average Bonchev–Trinajstić information content (AvgIpc) is 2.96. The van der Waals surface area contributed by atoms with Gasteiger partial charge in [0, 0.05) is 12.1 Å². The summed E-state index contributed by atoms with van der Waals surface area (Å²) < 4.78 is 0. The average molecular weight is 288 g/mol. The third kappa shape index (κ3) is 4.07. The van der Waals surface area contributed by atoms with Gasteiger partial charge in [-0.05, 0) is 51.6 Å². The van der Waals surface area contributed by atoms with Crippen LogP contribution in [0, 0.1) is 0 Å². The predicted molar refractivity (Wildman–Crippen MR) is 87.3 cm³/mol. The molecule has 1 saturated heterocycles. The number of benzene rings is 1. The summed E-state index contributed by atoms with van der Waals surface area (Å²) in [6, 6.07) is 10.6. The SMILES string of the molecule is CCC(C)(C)NC(=O)[C@H](C)N1CC[C@H](c2ccccc2)C1. The number of amides is 1. The smallest absolute Gasteiger partial charge is 0.237 e. The highest BCUT2D eigenvalue weighted by Crippen LogP contribution is 2.28. The molecule has 21 heavy (non-hydrogen) atoms. The second-order valence-electron chi connectivity index (χ2n) is 6.79. The van der Waals surface area contributed by atoms with Gasteiger partial charge < -0.3 is 5.32 Å². The molecular formula is C18H28N2O. The van der Waals surface area contributed by atoms with Crippen LogP contribution in [0.2, 0.25) is 0 Å². The summed E-state index contributed by atoms with van der Waals surface area (Å²) in [5.74, 6) is 0.705. The summed E-state index contributed by atoms with van der Waals surface area (Å²) in [7, 11) is 0. The van der Waals surface area contributed by atoms with E-state index >= 15 is 0 Å². The summed E-state index contributed by atoms with van der Waals surface area (Å²) in [6.07, 6.45) is 2.08. The summed E-state index contributed by atoms with van der Waals surface area (Å²) in [4.78, 5) is 14.7. The van der Waals surface area contributed by atoms with Crippen molar-refractivity contribution in [3.8, 4) is 0 Å². The maximum atomic E-state index is 12.4. The maximum absolute atomic E-state index is 12.4. The first kappa shape index (κ1) is 16.0. The molecule has 116 valence electrons. The van der Waals surface area contributed by atoms with Crippen LogP contribution >= 0.6 is 0 Å². The number of carbonyl (C=O) groups is 1. The van der Waals surface area contributed by atoms with Gasteiger partial charge in [0.15, 0.2) is 0 Å². The van der Waals surface area contributed by atoms with E-state index in [1.54, 1.807) is 0 Å². The Morgan fingerprint density at radius 1 is 1.38 bits per heavy atom. The number of hydrogen-bond donors (Lipinski definition) is 1. The number of likely N-dealkylation sites (tertiary alicyclic amines) is 1. The zero-order chi connectivity index (χ0) is 15.5. The first-order chi connectivity index (χ1) is 9.93. The molecule has 1 heterocycles. The van der Waals surface area contributed by atoms with Crippen molar-refractivity contribution in [3.05, 3.63) is 35.9 Å². The molecule has 0 unspecified atom stereocenters. The molecule has 0 bridgehead atoms. The topological polar surface area (TPSA) is 32.3 Å². The van der Waals surface area contributed by atoms with Gasteiger partial charge in [0.25, 0.3) is 0 Å². The number of carbonyl (C=O) groups excluding carboxylic acids is 1. The highest BCUT2D eigenvalue weighted by atomic mass is 16.2. The lowest BCUT2D eigenvalue weighted by Crippen LogP contribution is -2.51. The van der Waals surface area contributed by atoms with Gasteiger partial charge in [-0.3, -0.25) is 9.69 Å². The fraction of sp³-hybridized carbons (Fsp3) is 0.611. The summed E-state index contributed by atoms with van der Waals surface area (Å²) in [5.41, 5.74) is 1.27. The van der Waals surface area contributed by atoms with E-state index in [0.29, 0.717) is 5.92 Å². The maximum Gasteiger partial charge on any atom is 0.237 e. The van der Waals surface area contributed by atoms with Crippen LogP contribution in [0.5, 0.6) is 0 Å². The van der Waals surface area contributed by atoms with Crippen LogP contribution in [0.1, 0.15) is 52.0 Å². The molecule has 1 aliphatic rings. The van der Waals surface area contributed by atoms with Crippen molar-refractivity contribution in [1.82, 2.24) is 10.2 Å². The predicted octanol–water partition coefficient (Wildman–Crippen LogP) is 3.17. The number of hydrogen-bond acceptors (Lipinski definition) is 2. The Morgan fingerprint density at radius 3 is 2.67 bits per heavy atom. The van der Waals surface area contributed by atoms with Crippen molar-refractivity contribution >= 4 is 5.91 Å². The molecule has 0 aromatic heterocycles. The van der Waals surface area contributed by atoms with E-state index in [9.17, 15) is 4.79 Å². The van der Waals surface area contributed by atoms with Crippen LogP contribution in [0.4, 0.5) is 0 Å². The molecule has 3 nitrogen and oxygen atoms in total. The van der Waals surface area contributed by atoms with Crippen LogP contribution in [0.3, 0.4) is 0 Å². The van der Waals surface area contributed by atoms with E-state index in [-0.39, 0.29) is 17.5 Å². The zero-order valence-electron chi connectivity index (χ0n) is 13.7. The Balaban J connectivity index is 1.93. The number of rotatable bonds is 5. The Hall–Kier alpha value is -1.35. The minimum Gasteiger partial charge on any atom is -0.350 e. The Morgan fingerprint density at radius 2 is 2.05 bits per heavy atom. The van der Waals surface area contributed by atoms with Gasteiger partial charge in [-0.15, -0.1) is 0 Å². The van der Waals surface area contributed by atoms with E-state index in [1.165, 1.54) is 5.56 Å². The molecule has 0 saturated carbocycles. The van der Waals surface area contributed by atoms with Crippen LogP contribution in [-0.4, -0.2) is 35.5 Å². The molecule has 1 fully saturated rings. The molecular weight excluding hydrogens is 260 g/mol. The van der Waals surface area contributed by atoms with Crippen molar-refractivity contribution in [1.29, 1.82) is 0 Å². The van der Waals surface area contributed by atoms with Gasteiger partial charge in [0.2, 0.25) is 5.91 Å². The van der Waals surface area contributed by atoms with E-state index in [0.717, 1.165) is 25.9 Å². The minimum atomic E-state index is -0.121. The van der Waals surface area contributed by atoms with Gasteiger partial charge in [0.05, 0.1) is 6.04 Å². The molecule has 1 amide bonds. The quantitative estimate of drug-likeness (QED) is 0.902. The van der Waals surface area contributed by atoms with Crippen molar-refractivity contribution in [2.75, 3.05) is 13.1 Å². The summed E-state index contributed by atoms with van der Waals surface area (Å²) >= 11 is 0. The molecule has 1 aliphatic heterocycles. The van der Waals surface area contributed by atoms with Crippen LogP contribution in [-0.2, 0) is 4.79 Å². The number of nitrogens with one attached hydrogen (secondary N) is 1. The van der Waals surface area contributed by atoms with Gasteiger partial charge in [-0.2, -0.15) is 0 Å². The van der Waals surface area contributed by atoms with Gasteiger partial charge in [-0.1, -0.05) is 37.3 Å². The third-order valence-corrected chi connectivity index (χ3v) is 4.76. The molecule has 0 radical (unpaired) electrons. The molecule has 1 aromatic rings. The van der Waals surface area contributed by atoms with E-state index in [1.807, 2.05) is 6.92 Å². The molecule has 2 atom stereocenters. The molecule has 0 aliphatic carbocycles. The third-order valence-electron chi connectivity index (χ3n) is 4.76. The molecule has 1 aromatic carbocycles. The lowest BCUT2D eigenvalue weighted by Gasteiger charge is -2.30. The van der Waals surface area contributed by atoms with Crippen molar-refractivity contribution in [2.45, 2.75) is 58.0 Å². The van der Waals surface area contributed by atoms with Crippen molar-refractivity contribution < 1.29 is 4.79 Å². The largest absolute Gasteiger partial charge is 0.350 e. The van der Waals surface area contributed by atoms with Crippen molar-refractivity contribution in [3.63, 3.8) is 0 Å². The lowest BCUT2D eigenvalue weighted by atomic mass is 9.99. The second kappa shape index (κ2) is 6.61. The zero-order valence-corrected chi connectivity index (χ0v) is 13.7. The molecule has 0 spiro atoms. The Labute approximate surface area is 128 Å². The van der Waals surface area contributed by atoms with Gasteiger partial charge in [-0.25, -0.2) is 0 Å². The number of nitrogens with zero attached hydrogens (tertiary/aromatic N) is 1. The molecule has 3 heteroatoms. The first-order valence-corrected chi connectivity index (χ1v) is 8.04. The Kier molecular flexibility index (Phi) is 5.04. The van der Waals surface area contributed by atoms with Crippen LogP contribution in [0.15, 0.2) is 30.3 Å². The van der Waals surface area contributed by atoms with E-state index in [2.05, 4.69) is 61.3 Å². The highest BCUT2D eigenvalue weighted by molar-refractivity contribution is 5.82. The fourth-order valence-corrected chi connectivity index (χ4v) is 2.83. The van der Waals surface area contributed by atoms with Gasteiger partial charge >= 0.3 is 0 Å². The van der Waals surface area contributed by atoms with Crippen LogP contribution in [0.25, 0.3) is 0 Å². The van der Waals surface area contributed by atoms with Crippen LogP contribution < -0.4 is 5.32 Å². The summed E-state index contributed by atoms with van der Waals surface area (Å²) in [6.45, 7) is 10.3. The fourth-order valence-electron chi connectivity index (χ4n) is 2.83. The summed E-state index contributed by atoms with van der Waals surface area (Å²) in [5, 5.41) is 3.16. The monoisotopic (exact) mass is 288 g/mol. The first-order valence-electron chi connectivity index (χ1n) is 8.04. The van der Waals surface area contributed by atoms with E-state index in [4.69, 9.17) is 0 Å². The molecule has 1 N–H and O–H groups in total. The standard InChI is InChI=1S/C18H28N2O/c1-5-18(3,4)19-17(21)14(2)20-12-11-16(13-20)15-9-7-6-8-10-15/h6-10,14,16H,5,11-13H2,1-4H3,(H,19,21)/t14-,16-/m0/s1. The van der Waals surface area contributed by atoms with Gasteiger partial charge in [0.1, 0.15) is 0 Å². The Bertz CT molecular complexity index is 469. The molecule has 2 rings (SSSR count). The lowest BCUT2D eigenvalue weighted by molar-refractivity contribution is -0.127. The highest BCUT2D eigenvalue weighted by Gasteiger charge is 2.31. The van der Waals surface area contributed by atoms with Crippen molar-refractivity contribution in [2.24, 2.45) is 0 Å². The minimum absolute atomic E-state index is 0.0514.